The molecule has 2 atom stereocenters. The second-order valence-corrected chi connectivity index (χ2v) is 9.93. The number of ketones is 1. The molecule has 0 aliphatic carbocycles. The number of carbonyl (C=O) groups is 1. The Morgan fingerprint density at radius 2 is 1.00 bits per heavy atom. The second kappa shape index (κ2) is 17.0. The van der Waals surface area contributed by atoms with Crippen molar-refractivity contribution in [2.45, 2.75) is 150 Å². The van der Waals surface area contributed by atoms with E-state index >= 15 is 0 Å². The molecule has 2 unspecified atom stereocenters. The minimum Gasteiger partial charge on any atom is -0.299 e. The van der Waals surface area contributed by atoms with Crippen LogP contribution in [-0.4, -0.2) is 12.0 Å². The normalized spacial score (nSPS) is 15.3. The van der Waals surface area contributed by atoms with Crippen LogP contribution in [-0.2, 0) is 4.79 Å². The summed E-state index contributed by atoms with van der Waals surface area (Å²) in [5.41, 5.74) is -0.348. The molecule has 0 fully saturated rings. The predicted molar refractivity (Wildman–Crippen MR) is 127 cm³/mol. The van der Waals surface area contributed by atoms with Gasteiger partial charge in [-0.2, -0.15) is 13.2 Å². The lowest BCUT2D eigenvalue weighted by Gasteiger charge is -2.43. The number of halogens is 3. The number of rotatable bonds is 20. The van der Waals surface area contributed by atoms with Gasteiger partial charge in [0.15, 0.2) is 0 Å². The zero-order valence-corrected chi connectivity index (χ0v) is 21.2. The number of hydrogen-bond acceptors (Lipinski definition) is 1. The molecule has 0 bridgehead atoms. The topological polar surface area (TPSA) is 17.1 Å². The number of hydrogen-bond donors (Lipinski definition) is 0. The molecule has 0 aromatic carbocycles. The lowest BCUT2D eigenvalue weighted by atomic mass is 9.60. The number of carbonyl (C=O) groups excluding carboxylic acids is 1. The molecule has 0 spiro atoms. The monoisotopic (exact) mass is 448 g/mol. The van der Waals surface area contributed by atoms with E-state index in [1.807, 2.05) is 0 Å². The zero-order valence-electron chi connectivity index (χ0n) is 21.2. The Labute approximate surface area is 191 Å². The maximum absolute atomic E-state index is 13.1. The van der Waals surface area contributed by atoms with Crippen molar-refractivity contribution >= 4 is 5.78 Å². The average molecular weight is 449 g/mol. The van der Waals surface area contributed by atoms with Crippen molar-refractivity contribution in [3.8, 4) is 0 Å². The van der Waals surface area contributed by atoms with Crippen molar-refractivity contribution in [1.29, 1.82) is 0 Å². The third-order valence-corrected chi connectivity index (χ3v) is 7.44. The maximum Gasteiger partial charge on any atom is 0.389 e. The lowest BCUT2D eigenvalue weighted by Crippen LogP contribution is -2.42. The van der Waals surface area contributed by atoms with E-state index in [4.69, 9.17) is 0 Å². The Bertz CT molecular complexity index is 436. The molecule has 0 heterocycles. The van der Waals surface area contributed by atoms with Crippen molar-refractivity contribution < 1.29 is 18.0 Å². The summed E-state index contributed by atoms with van der Waals surface area (Å²) in [6.07, 6.45) is 11.5. The van der Waals surface area contributed by atoms with Crippen LogP contribution in [0.5, 0.6) is 0 Å². The number of alkyl halides is 3. The summed E-state index contributed by atoms with van der Waals surface area (Å²) in [5.74, 6) is 0.975. The smallest absolute Gasteiger partial charge is 0.299 e. The highest BCUT2D eigenvalue weighted by atomic mass is 19.4. The van der Waals surface area contributed by atoms with Gasteiger partial charge < -0.3 is 0 Å². The summed E-state index contributed by atoms with van der Waals surface area (Å²) in [7, 11) is 0. The minimum atomic E-state index is -4.06. The molecule has 0 N–H and O–H groups in total. The fourth-order valence-electron chi connectivity index (χ4n) is 5.21. The highest BCUT2D eigenvalue weighted by Gasteiger charge is 2.43. The second-order valence-electron chi connectivity index (χ2n) is 9.93. The summed E-state index contributed by atoms with van der Waals surface area (Å²) in [4.78, 5) is 13.1. The van der Waals surface area contributed by atoms with E-state index in [1.54, 1.807) is 6.92 Å². The SMILES string of the molecule is CCCCCC(CCCCC)C(C)(C(C)=O)C(CCCCC)CCCCCC(F)(F)F. The van der Waals surface area contributed by atoms with Gasteiger partial charge in [0, 0.05) is 11.8 Å². The summed E-state index contributed by atoms with van der Waals surface area (Å²) < 4.78 is 37.5. The maximum atomic E-state index is 13.1. The van der Waals surface area contributed by atoms with Crippen molar-refractivity contribution in [3.05, 3.63) is 0 Å². The molecular weight excluding hydrogens is 397 g/mol. The van der Waals surface area contributed by atoms with Gasteiger partial charge in [-0.05, 0) is 50.9 Å². The van der Waals surface area contributed by atoms with Gasteiger partial charge in [0.1, 0.15) is 5.78 Å². The van der Waals surface area contributed by atoms with Crippen LogP contribution in [0.3, 0.4) is 0 Å². The zero-order chi connectivity index (χ0) is 23.8. The van der Waals surface area contributed by atoms with Crippen molar-refractivity contribution in [1.82, 2.24) is 0 Å². The summed E-state index contributed by atoms with van der Waals surface area (Å²) in [6, 6.07) is 0. The predicted octanol–water partition coefficient (Wildman–Crippen LogP) is 10.1. The highest BCUT2D eigenvalue weighted by Crippen LogP contribution is 2.46. The highest BCUT2D eigenvalue weighted by molar-refractivity contribution is 5.82. The molecule has 0 saturated carbocycles. The van der Waals surface area contributed by atoms with Crippen LogP contribution in [0.4, 0.5) is 13.2 Å². The quantitative estimate of drug-likeness (QED) is 0.169. The fraction of sp³-hybridized carbons (Fsp3) is 0.963. The first-order chi connectivity index (χ1) is 14.6. The van der Waals surface area contributed by atoms with E-state index < -0.39 is 12.6 Å². The summed E-state index contributed by atoms with van der Waals surface area (Å²) >= 11 is 0. The van der Waals surface area contributed by atoms with Gasteiger partial charge in [-0.25, -0.2) is 0 Å². The van der Waals surface area contributed by atoms with E-state index in [9.17, 15) is 18.0 Å². The van der Waals surface area contributed by atoms with Crippen LogP contribution in [0.25, 0.3) is 0 Å². The Morgan fingerprint density at radius 1 is 0.645 bits per heavy atom. The molecule has 0 aromatic heterocycles. The lowest BCUT2D eigenvalue weighted by molar-refractivity contribution is -0.135. The summed E-state index contributed by atoms with van der Waals surface area (Å²) in [5, 5.41) is 0. The van der Waals surface area contributed by atoms with Crippen molar-refractivity contribution in [2.24, 2.45) is 17.3 Å². The molecule has 0 aliphatic heterocycles. The van der Waals surface area contributed by atoms with Gasteiger partial charge in [-0.3, -0.25) is 4.79 Å². The third-order valence-electron chi connectivity index (χ3n) is 7.44. The fourth-order valence-corrected chi connectivity index (χ4v) is 5.21. The van der Waals surface area contributed by atoms with E-state index in [-0.39, 0.29) is 17.8 Å². The Morgan fingerprint density at radius 3 is 1.29 bits per heavy atom. The molecule has 31 heavy (non-hydrogen) atoms. The third kappa shape index (κ3) is 12.9. The van der Waals surface area contributed by atoms with E-state index in [2.05, 4.69) is 27.7 Å². The Kier molecular flexibility index (Phi) is 16.7. The first-order valence-electron chi connectivity index (χ1n) is 13.2. The molecule has 0 amide bonds. The molecule has 0 radical (unpaired) electrons. The molecule has 4 heteroatoms. The van der Waals surface area contributed by atoms with E-state index in [0.717, 1.165) is 51.4 Å². The van der Waals surface area contributed by atoms with E-state index in [1.165, 1.54) is 38.5 Å². The molecule has 1 nitrogen and oxygen atoms in total. The molecule has 0 rings (SSSR count). The first kappa shape index (κ1) is 30.5. The molecule has 0 saturated heterocycles. The van der Waals surface area contributed by atoms with Gasteiger partial charge in [-0.15, -0.1) is 0 Å². The van der Waals surface area contributed by atoms with Crippen molar-refractivity contribution in [2.75, 3.05) is 0 Å². The average Bonchev–Trinajstić information content (AvgIpc) is 2.70. The van der Waals surface area contributed by atoms with Crippen LogP contribution < -0.4 is 0 Å². The van der Waals surface area contributed by atoms with Crippen LogP contribution in [0, 0.1) is 17.3 Å². The van der Waals surface area contributed by atoms with Gasteiger partial charge in [0.2, 0.25) is 0 Å². The Balaban J connectivity index is 5.39. The molecule has 0 aliphatic rings. The molecule has 0 aromatic rings. The molecular formula is C27H51F3O. The number of Topliss-reactive ketones (excluding diaryl/α,β-unsaturated/α-hetero) is 1. The van der Waals surface area contributed by atoms with Gasteiger partial charge in [0.05, 0.1) is 0 Å². The van der Waals surface area contributed by atoms with E-state index in [0.29, 0.717) is 18.1 Å². The first-order valence-corrected chi connectivity index (χ1v) is 13.2. The van der Waals surface area contributed by atoms with Crippen LogP contribution in [0.1, 0.15) is 144 Å². The van der Waals surface area contributed by atoms with Gasteiger partial charge in [-0.1, -0.05) is 98.3 Å². The largest absolute Gasteiger partial charge is 0.389 e. The Hall–Kier alpha value is -0.540. The standard InChI is InChI=1S/C27H51F3O/c1-6-9-13-18-24(19-14-10-7-2)26(5,23(4)31)25(20-15-11-8-3)21-16-12-17-22-27(28,29)30/h24-25H,6-22H2,1-5H3. The number of unbranched alkanes of at least 4 members (excludes halogenated alkanes) is 8. The van der Waals surface area contributed by atoms with Gasteiger partial charge in [0.25, 0.3) is 0 Å². The van der Waals surface area contributed by atoms with Gasteiger partial charge >= 0.3 is 6.18 Å². The van der Waals surface area contributed by atoms with Crippen LogP contribution in [0.15, 0.2) is 0 Å². The van der Waals surface area contributed by atoms with Crippen LogP contribution in [0.2, 0.25) is 0 Å². The van der Waals surface area contributed by atoms with Crippen molar-refractivity contribution in [3.63, 3.8) is 0 Å². The minimum absolute atomic E-state index is 0.207. The summed E-state index contributed by atoms with van der Waals surface area (Å²) in [6.45, 7) is 10.6. The molecule has 186 valence electrons. The van der Waals surface area contributed by atoms with Crippen LogP contribution >= 0.6 is 0 Å².